The molecule has 1 saturated heterocycles. The van der Waals surface area contributed by atoms with E-state index in [0.29, 0.717) is 5.41 Å². The van der Waals surface area contributed by atoms with E-state index in [1.807, 2.05) is 0 Å². The summed E-state index contributed by atoms with van der Waals surface area (Å²) in [5.41, 5.74) is 0.508. The lowest BCUT2D eigenvalue weighted by Crippen LogP contribution is -2.45. The quantitative estimate of drug-likeness (QED) is 0.817. The summed E-state index contributed by atoms with van der Waals surface area (Å²) in [5, 5.41) is 3.68. The Balaban J connectivity index is 1.84. The first-order valence-electron chi connectivity index (χ1n) is 8.98. The third-order valence-electron chi connectivity index (χ3n) is 5.57. The van der Waals surface area contributed by atoms with Crippen LogP contribution in [0, 0.1) is 11.3 Å². The second-order valence-corrected chi connectivity index (χ2v) is 8.16. The number of hydrogen-bond donors (Lipinski definition) is 1. The molecule has 0 spiro atoms. The average Bonchev–Trinajstić information content (AvgIpc) is 2.90. The van der Waals surface area contributed by atoms with Gasteiger partial charge in [-0.05, 0) is 69.4 Å². The van der Waals surface area contributed by atoms with Crippen molar-refractivity contribution in [1.82, 2.24) is 10.2 Å². The van der Waals surface area contributed by atoms with Crippen LogP contribution in [0.15, 0.2) is 0 Å². The van der Waals surface area contributed by atoms with Gasteiger partial charge in [0.15, 0.2) is 0 Å². The van der Waals surface area contributed by atoms with Gasteiger partial charge in [0.25, 0.3) is 0 Å². The molecule has 1 aliphatic carbocycles. The highest BCUT2D eigenvalue weighted by Gasteiger charge is 2.32. The van der Waals surface area contributed by atoms with E-state index in [0.717, 1.165) is 18.0 Å². The van der Waals surface area contributed by atoms with Crippen molar-refractivity contribution >= 4 is 0 Å². The molecule has 1 heterocycles. The van der Waals surface area contributed by atoms with E-state index < -0.39 is 0 Å². The van der Waals surface area contributed by atoms with E-state index >= 15 is 0 Å². The SMILES string of the molecule is CCCN(CC1CCCN1)C1CCC(C(C)(C)C)CC1. The summed E-state index contributed by atoms with van der Waals surface area (Å²) >= 11 is 0. The number of rotatable bonds is 5. The molecule has 0 amide bonds. The van der Waals surface area contributed by atoms with Gasteiger partial charge in [0, 0.05) is 18.6 Å². The molecule has 2 rings (SSSR count). The molecule has 0 bridgehead atoms. The molecule has 1 N–H and O–H groups in total. The van der Waals surface area contributed by atoms with Crippen molar-refractivity contribution < 1.29 is 0 Å². The van der Waals surface area contributed by atoms with Crippen LogP contribution in [-0.4, -0.2) is 36.6 Å². The van der Waals surface area contributed by atoms with Crippen molar-refractivity contribution in [2.24, 2.45) is 11.3 Å². The topological polar surface area (TPSA) is 15.3 Å². The van der Waals surface area contributed by atoms with Gasteiger partial charge in [-0.25, -0.2) is 0 Å². The lowest BCUT2D eigenvalue weighted by Gasteiger charge is -2.42. The highest BCUT2D eigenvalue weighted by Crippen LogP contribution is 2.39. The molecule has 2 nitrogen and oxygen atoms in total. The largest absolute Gasteiger partial charge is 0.313 e. The van der Waals surface area contributed by atoms with Crippen LogP contribution >= 0.6 is 0 Å². The third kappa shape index (κ3) is 4.46. The van der Waals surface area contributed by atoms with E-state index in [-0.39, 0.29) is 0 Å². The second kappa shape index (κ2) is 7.26. The molecule has 2 aliphatic rings. The molecular formula is C18H36N2. The van der Waals surface area contributed by atoms with Crippen LogP contribution in [0.3, 0.4) is 0 Å². The van der Waals surface area contributed by atoms with Gasteiger partial charge < -0.3 is 5.32 Å². The maximum absolute atomic E-state index is 3.68. The fraction of sp³-hybridized carbons (Fsp3) is 1.00. The van der Waals surface area contributed by atoms with Gasteiger partial charge in [-0.15, -0.1) is 0 Å². The summed E-state index contributed by atoms with van der Waals surface area (Å²) in [5.74, 6) is 0.937. The zero-order valence-corrected chi connectivity index (χ0v) is 14.3. The van der Waals surface area contributed by atoms with Crippen molar-refractivity contribution in [2.45, 2.75) is 84.7 Å². The monoisotopic (exact) mass is 280 g/mol. The molecule has 0 aromatic heterocycles. The Bertz CT molecular complexity index is 268. The van der Waals surface area contributed by atoms with E-state index in [2.05, 4.69) is 37.9 Å². The zero-order valence-electron chi connectivity index (χ0n) is 14.3. The summed E-state index contributed by atoms with van der Waals surface area (Å²) in [7, 11) is 0. The first-order valence-corrected chi connectivity index (χ1v) is 8.98. The van der Waals surface area contributed by atoms with Crippen LogP contribution in [0.4, 0.5) is 0 Å². The zero-order chi connectivity index (χ0) is 14.6. The van der Waals surface area contributed by atoms with Crippen molar-refractivity contribution in [3.8, 4) is 0 Å². The first kappa shape index (κ1) is 16.3. The fourth-order valence-corrected chi connectivity index (χ4v) is 4.21. The van der Waals surface area contributed by atoms with Gasteiger partial charge in [-0.2, -0.15) is 0 Å². The molecule has 20 heavy (non-hydrogen) atoms. The summed E-state index contributed by atoms with van der Waals surface area (Å²) < 4.78 is 0. The molecule has 0 aromatic rings. The Morgan fingerprint density at radius 3 is 2.25 bits per heavy atom. The summed E-state index contributed by atoms with van der Waals surface area (Å²) in [6, 6.07) is 1.62. The van der Waals surface area contributed by atoms with Gasteiger partial charge in [0.1, 0.15) is 0 Å². The summed E-state index contributed by atoms with van der Waals surface area (Å²) in [4.78, 5) is 2.81. The van der Waals surface area contributed by atoms with Crippen LogP contribution in [0.2, 0.25) is 0 Å². The smallest absolute Gasteiger partial charge is 0.0195 e. The number of nitrogens with one attached hydrogen (secondary N) is 1. The maximum Gasteiger partial charge on any atom is 0.0195 e. The van der Waals surface area contributed by atoms with Gasteiger partial charge in [-0.1, -0.05) is 27.7 Å². The molecule has 1 aliphatic heterocycles. The predicted octanol–water partition coefficient (Wildman–Crippen LogP) is 4.06. The summed E-state index contributed by atoms with van der Waals surface area (Å²) in [6.45, 7) is 13.4. The number of hydrogen-bond acceptors (Lipinski definition) is 2. The lowest BCUT2D eigenvalue weighted by atomic mass is 9.71. The maximum atomic E-state index is 3.68. The Morgan fingerprint density at radius 1 is 1.05 bits per heavy atom. The third-order valence-corrected chi connectivity index (χ3v) is 5.57. The lowest BCUT2D eigenvalue weighted by molar-refractivity contribution is 0.0899. The average molecular weight is 281 g/mol. The Morgan fingerprint density at radius 2 is 1.75 bits per heavy atom. The first-order chi connectivity index (χ1) is 9.50. The van der Waals surface area contributed by atoms with Gasteiger partial charge in [-0.3, -0.25) is 4.90 Å². The van der Waals surface area contributed by atoms with Crippen LogP contribution in [0.25, 0.3) is 0 Å². The summed E-state index contributed by atoms with van der Waals surface area (Å²) in [6.07, 6.45) is 9.78. The molecule has 1 saturated carbocycles. The molecular weight excluding hydrogens is 244 g/mol. The van der Waals surface area contributed by atoms with Crippen molar-refractivity contribution in [2.75, 3.05) is 19.6 Å². The van der Waals surface area contributed by atoms with Crippen molar-refractivity contribution in [3.05, 3.63) is 0 Å². The minimum Gasteiger partial charge on any atom is -0.313 e. The fourth-order valence-electron chi connectivity index (χ4n) is 4.21. The number of nitrogens with zero attached hydrogens (tertiary/aromatic N) is 1. The van der Waals surface area contributed by atoms with E-state index in [1.54, 1.807) is 0 Å². The van der Waals surface area contributed by atoms with E-state index in [1.165, 1.54) is 64.6 Å². The van der Waals surface area contributed by atoms with Crippen molar-refractivity contribution in [1.29, 1.82) is 0 Å². The van der Waals surface area contributed by atoms with Crippen LogP contribution < -0.4 is 5.32 Å². The van der Waals surface area contributed by atoms with Gasteiger partial charge >= 0.3 is 0 Å². The Labute approximate surface area is 126 Å². The molecule has 2 heteroatoms. The normalized spacial score (nSPS) is 31.9. The van der Waals surface area contributed by atoms with E-state index in [4.69, 9.17) is 0 Å². The predicted molar refractivity (Wildman–Crippen MR) is 88.1 cm³/mol. The highest BCUT2D eigenvalue weighted by molar-refractivity contribution is 4.87. The minimum atomic E-state index is 0.508. The van der Waals surface area contributed by atoms with Crippen LogP contribution in [0.5, 0.6) is 0 Å². The second-order valence-electron chi connectivity index (χ2n) is 8.16. The van der Waals surface area contributed by atoms with Crippen molar-refractivity contribution in [3.63, 3.8) is 0 Å². The Hall–Kier alpha value is -0.0800. The molecule has 0 radical (unpaired) electrons. The van der Waals surface area contributed by atoms with Gasteiger partial charge in [0.05, 0.1) is 0 Å². The van der Waals surface area contributed by atoms with Crippen LogP contribution in [0.1, 0.15) is 72.6 Å². The molecule has 118 valence electrons. The Kier molecular flexibility index (Phi) is 5.92. The molecule has 1 unspecified atom stereocenters. The molecule has 1 atom stereocenters. The molecule has 0 aromatic carbocycles. The van der Waals surface area contributed by atoms with Gasteiger partial charge in [0.2, 0.25) is 0 Å². The minimum absolute atomic E-state index is 0.508. The standard InChI is InChI=1S/C18H36N2/c1-5-13-20(14-16-7-6-12-19-16)17-10-8-15(9-11-17)18(2,3)4/h15-17,19H,5-14H2,1-4H3. The highest BCUT2D eigenvalue weighted by atomic mass is 15.2. The van der Waals surface area contributed by atoms with E-state index in [9.17, 15) is 0 Å². The van der Waals surface area contributed by atoms with Crippen LogP contribution in [-0.2, 0) is 0 Å². The molecule has 2 fully saturated rings.